The highest BCUT2D eigenvalue weighted by Gasteiger charge is 2.14. The van der Waals surface area contributed by atoms with Crippen LogP contribution in [0.4, 0.5) is 0 Å². The van der Waals surface area contributed by atoms with Crippen LogP contribution in [0.5, 0.6) is 5.75 Å². The molecule has 0 radical (unpaired) electrons. The van der Waals surface area contributed by atoms with Gasteiger partial charge < -0.3 is 9.84 Å². The molecule has 0 spiro atoms. The molecule has 0 fully saturated rings. The van der Waals surface area contributed by atoms with Crippen LogP contribution in [0.1, 0.15) is 11.1 Å². The first-order valence-corrected chi connectivity index (χ1v) is 10.1. The second-order valence-corrected chi connectivity index (χ2v) is 8.27. The summed E-state index contributed by atoms with van der Waals surface area (Å²) in [6.07, 6.45) is -0.585. The van der Waals surface area contributed by atoms with Gasteiger partial charge in [0.2, 0.25) is 4.96 Å². The van der Waals surface area contributed by atoms with E-state index in [0.29, 0.717) is 5.75 Å². The number of ether oxygens (including phenoxy) is 1. The smallest absolute Gasteiger partial charge is 0.217 e. The minimum absolute atomic E-state index is 0.252. The van der Waals surface area contributed by atoms with Crippen molar-refractivity contribution in [3.8, 4) is 5.75 Å². The fourth-order valence-corrected chi connectivity index (χ4v) is 4.75. The van der Waals surface area contributed by atoms with E-state index in [9.17, 15) is 5.11 Å². The number of benzene rings is 2. The molecule has 1 unspecified atom stereocenters. The van der Waals surface area contributed by atoms with Crippen molar-refractivity contribution in [1.82, 2.24) is 14.6 Å². The number of aryl methyl sites for hydroxylation is 2. The SMILES string of the molecule is Cc1cc(C)cc(OCC(O)CSc2nnc3sc4ccccc4n23)c1. The van der Waals surface area contributed by atoms with E-state index < -0.39 is 6.10 Å². The summed E-state index contributed by atoms with van der Waals surface area (Å²) >= 11 is 3.11. The van der Waals surface area contributed by atoms with Gasteiger partial charge in [-0.25, -0.2) is 0 Å². The molecule has 4 rings (SSSR count). The Labute approximate surface area is 159 Å². The Hall–Kier alpha value is -2.09. The number of aromatic nitrogens is 3. The zero-order valence-corrected chi connectivity index (χ0v) is 16.2. The summed E-state index contributed by atoms with van der Waals surface area (Å²) in [4.78, 5) is 0.870. The second-order valence-electron chi connectivity index (χ2n) is 6.27. The third kappa shape index (κ3) is 3.56. The van der Waals surface area contributed by atoms with Crippen LogP contribution in [0, 0.1) is 13.8 Å². The molecule has 7 heteroatoms. The number of para-hydroxylation sites is 1. The molecular formula is C19H19N3O2S2. The normalized spacial score (nSPS) is 12.7. The van der Waals surface area contributed by atoms with Gasteiger partial charge >= 0.3 is 0 Å². The van der Waals surface area contributed by atoms with E-state index in [2.05, 4.69) is 28.4 Å². The number of aliphatic hydroxyl groups excluding tert-OH is 1. The van der Waals surface area contributed by atoms with Crippen LogP contribution in [0.25, 0.3) is 15.2 Å². The molecular weight excluding hydrogens is 366 g/mol. The van der Waals surface area contributed by atoms with Gasteiger partial charge in [0.1, 0.15) is 12.4 Å². The molecule has 5 nitrogen and oxygen atoms in total. The van der Waals surface area contributed by atoms with Crippen LogP contribution >= 0.6 is 23.1 Å². The Balaban J connectivity index is 1.41. The number of fused-ring (bicyclic) bond motifs is 3. The minimum atomic E-state index is -0.585. The summed E-state index contributed by atoms with van der Waals surface area (Å²) < 4.78 is 8.96. The highest BCUT2D eigenvalue weighted by Crippen LogP contribution is 2.29. The number of thioether (sulfide) groups is 1. The zero-order chi connectivity index (χ0) is 18.1. The summed E-state index contributed by atoms with van der Waals surface area (Å²) in [6, 6.07) is 14.2. The number of thiazole rings is 1. The molecule has 0 aliphatic heterocycles. The molecule has 2 heterocycles. The van der Waals surface area contributed by atoms with Gasteiger partial charge in [-0.2, -0.15) is 0 Å². The number of nitrogens with zero attached hydrogens (tertiary/aromatic N) is 3. The summed E-state index contributed by atoms with van der Waals surface area (Å²) in [5.41, 5.74) is 3.40. The van der Waals surface area contributed by atoms with Crippen molar-refractivity contribution in [3.05, 3.63) is 53.6 Å². The fourth-order valence-electron chi connectivity index (χ4n) is 2.88. The summed E-state index contributed by atoms with van der Waals surface area (Å²) in [5.74, 6) is 1.29. The van der Waals surface area contributed by atoms with Crippen molar-refractivity contribution < 1.29 is 9.84 Å². The van der Waals surface area contributed by atoms with Crippen LogP contribution in [-0.4, -0.2) is 38.2 Å². The number of hydrogen-bond donors (Lipinski definition) is 1. The van der Waals surface area contributed by atoms with Gasteiger partial charge in [-0.1, -0.05) is 41.3 Å². The summed E-state index contributed by atoms with van der Waals surface area (Å²) in [7, 11) is 0. The largest absolute Gasteiger partial charge is 0.491 e. The Morgan fingerprint density at radius 1 is 1.15 bits per heavy atom. The lowest BCUT2D eigenvalue weighted by Gasteiger charge is -2.12. The van der Waals surface area contributed by atoms with E-state index in [4.69, 9.17) is 4.74 Å². The average Bonchev–Trinajstić information content (AvgIpc) is 3.16. The Morgan fingerprint density at radius 2 is 1.92 bits per heavy atom. The van der Waals surface area contributed by atoms with Crippen LogP contribution in [-0.2, 0) is 0 Å². The highest BCUT2D eigenvalue weighted by molar-refractivity contribution is 7.99. The lowest BCUT2D eigenvalue weighted by molar-refractivity contribution is 0.126. The van der Waals surface area contributed by atoms with E-state index in [1.807, 2.05) is 42.5 Å². The molecule has 0 amide bonds. The van der Waals surface area contributed by atoms with Gasteiger partial charge in [0.05, 0.1) is 16.3 Å². The lowest BCUT2D eigenvalue weighted by Crippen LogP contribution is -2.20. The summed E-state index contributed by atoms with van der Waals surface area (Å²) in [5, 5.41) is 19.6. The van der Waals surface area contributed by atoms with Crippen LogP contribution in [0.3, 0.4) is 0 Å². The molecule has 26 heavy (non-hydrogen) atoms. The van der Waals surface area contributed by atoms with E-state index in [-0.39, 0.29) is 6.61 Å². The third-order valence-corrected chi connectivity index (χ3v) is 6.04. The predicted molar refractivity (Wildman–Crippen MR) is 107 cm³/mol. The molecule has 0 aliphatic carbocycles. The van der Waals surface area contributed by atoms with Crippen molar-refractivity contribution in [2.45, 2.75) is 25.1 Å². The molecule has 0 bridgehead atoms. The molecule has 134 valence electrons. The maximum Gasteiger partial charge on any atom is 0.217 e. The molecule has 0 saturated heterocycles. The van der Waals surface area contributed by atoms with Crippen molar-refractivity contribution in [2.75, 3.05) is 12.4 Å². The van der Waals surface area contributed by atoms with E-state index >= 15 is 0 Å². The fraction of sp³-hybridized carbons (Fsp3) is 0.263. The van der Waals surface area contributed by atoms with Crippen LogP contribution < -0.4 is 4.74 Å². The second kappa shape index (κ2) is 7.26. The van der Waals surface area contributed by atoms with Crippen molar-refractivity contribution in [3.63, 3.8) is 0 Å². The molecule has 0 saturated carbocycles. The Morgan fingerprint density at radius 3 is 2.73 bits per heavy atom. The van der Waals surface area contributed by atoms with Crippen molar-refractivity contribution in [1.29, 1.82) is 0 Å². The zero-order valence-electron chi connectivity index (χ0n) is 14.5. The molecule has 2 aromatic carbocycles. The maximum atomic E-state index is 10.3. The van der Waals surface area contributed by atoms with E-state index in [0.717, 1.165) is 32.5 Å². The first-order valence-electron chi connectivity index (χ1n) is 8.35. The van der Waals surface area contributed by atoms with Gasteiger partial charge in [0, 0.05) is 5.75 Å². The quantitative estimate of drug-likeness (QED) is 0.507. The number of hydrogen-bond acceptors (Lipinski definition) is 6. The Kier molecular flexibility index (Phi) is 4.84. The molecule has 4 aromatic rings. The van der Waals surface area contributed by atoms with Crippen molar-refractivity contribution in [2.24, 2.45) is 0 Å². The first-order chi connectivity index (χ1) is 12.6. The molecule has 1 N–H and O–H groups in total. The van der Waals surface area contributed by atoms with E-state index in [1.54, 1.807) is 11.3 Å². The average molecular weight is 386 g/mol. The van der Waals surface area contributed by atoms with Gasteiger partial charge in [0.25, 0.3) is 0 Å². The summed E-state index contributed by atoms with van der Waals surface area (Å²) in [6.45, 7) is 4.32. The maximum absolute atomic E-state index is 10.3. The molecule has 0 aliphatic rings. The van der Waals surface area contributed by atoms with Crippen LogP contribution in [0.15, 0.2) is 47.6 Å². The van der Waals surface area contributed by atoms with E-state index in [1.165, 1.54) is 16.5 Å². The lowest BCUT2D eigenvalue weighted by atomic mass is 10.1. The topological polar surface area (TPSA) is 59.7 Å². The molecule has 1 atom stereocenters. The monoisotopic (exact) mass is 385 g/mol. The number of aliphatic hydroxyl groups is 1. The van der Waals surface area contributed by atoms with Crippen molar-refractivity contribution >= 4 is 38.3 Å². The van der Waals surface area contributed by atoms with Gasteiger partial charge in [-0.15, -0.1) is 10.2 Å². The standard InChI is InChI=1S/C19H19N3O2S2/c1-12-7-13(2)9-15(8-12)24-10-14(23)11-25-18-20-21-19-22(18)16-5-3-4-6-17(16)26-19/h3-9,14,23H,10-11H2,1-2H3. The predicted octanol–water partition coefficient (Wildman–Crippen LogP) is 4.09. The number of rotatable bonds is 6. The van der Waals surface area contributed by atoms with Crippen LogP contribution in [0.2, 0.25) is 0 Å². The van der Waals surface area contributed by atoms with Gasteiger partial charge in [-0.05, 0) is 49.2 Å². The third-order valence-electron chi connectivity index (χ3n) is 3.95. The molecule has 2 aromatic heterocycles. The highest BCUT2D eigenvalue weighted by atomic mass is 32.2. The first kappa shape index (κ1) is 17.3. The van der Waals surface area contributed by atoms with Gasteiger partial charge in [0.15, 0.2) is 5.16 Å². The Bertz CT molecular complexity index is 1040. The van der Waals surface area contributed by atoms with Gasteiger partial charge in [-0.3, -0.25) is 4.40 Å². The minimum Gasteiger partial charge on any atom is -0.491 e.